The Labute approximate surface area is 88.2 Å². The summed E-state index contributed by atoms with van der Waals surface area (Å²) >= 11 is 0. The first-order valence-corrected chi connectivity index (χ1v) is 2.61. The van der Waals surface area contributed by atoms with Crippen molar-refractivity contribution in [2.75, 3.05) is 0 Å². The Morgan fingerprint density at radius 3 is 2.30 bits per heavy atom. The largest absolute Gasteiger partial charge is 2.00 e. The van der Waals surface area contributed by atoms with E-state index in [0.717, 1.165) is 11.4 Å². The first-order valence-electron chi connectivity index (χ1n) is 2.61. The van der Waals surface area contributed by atoms with Crippen molar-refractivity contribution in [3.8, 4) is 0 Å². The molecule has 3 heteroatoms. The van der Waals surface area contributed by atoms with Crippen molar-refractivity contribution in [1.82, 2.24) is 4.98 Å². The van der Waals surface area contributed by atoms with Gasteiger partial charge < -0.3 is 17.0 Å². The van der Waals surface area contributed by atoms with Gasteiger partial charge in [0.25, 0.3) is 0 Å². The minimum absolute atomic E-state index is 0. The Hall–Kier alpha value is 0.396. The molecule has 50 valence electrons. The minimum Gasteiger partial charge on any atom is -1.00 e. The van der Waals surface area contributed by atoms with Crippen molar-refractivity contribution in [2.45, 2.75) is 13.8 Å². The van der Waals surface area contributed by atoms with Gasteiger partial charge >= 0.3 is 23.1 Å². The van der Waals surface area contributed by atoms with E-state index in [0.29, 0.717) is 0 Å². The normalized spacial score (nSPS) is 7.40. The zero-order valence-corrected chi connectivity index (χ0v) is 9.19. The number of rotatable bonds is 0. The van der Waals surface area contributed by atoms with E-state index >= 15 is 0 Å². The second-order valence-corrected chi connectivity index (χ2v) is 1.82. The summed E-state index contributed by atoms with van der Waals surface area (Å²) in [5, 5.41) is 0. The van der Waals surface area contributed by atoms with Gasteiger partial charge in [0.1, 0.15) is 0 Å². The first kappa shape index (κ1) is 13.0. The van der Waals surface area contributed by atoms with Crippen LogP contribution in [-0.2, 0) is 0 Å². The van der Waals surface area contributed by atoms with E-state index in [9.17, 15) is 0 Å². The van der Waals surface area contributed by atoms with Crippen molar-refractivity contribution in [2.24, 2.45) is 0 Å². The summed E-state index contributed by atoms with van der Waals surface area (Å²) in [6, 6.07) is 6.79. The molecule has 0 bridgehead atoms. The number of hydrogen-bond acceptors (Lipinski definition) is 1. The van der Waals surface area contributed by atoms with Crippen LogP contribution >= 0.6 is 0 Å². The zero-order valence-electron chi connectivity index (χ0n) is 6.19. The van der Waals surface area contributed by atoms with Crippen molar-refractivity contribution in [3.05, 3.63) is 29.6 Å². The molecular formula is C7H8BrMgN. The molecule has 0 spiro atoms. The van der Waals surface area contributed by atoms with E-state index in [1.54, 1.807) is 0 Å². The van der Waals surface area contributed by atoms with Gasteiger partial charge in [0.2, 0.25) is 0 Å². The summed E-state index contributed by atoms with van der Waals surface area (Å²) in [6.45, 7) is 3.91. The van der Waals surface area contributed by atoms with Gasteiger partial charge in [-0.3, -0.25) is 4.98 Å². The summed E-state index contributed by atoms with van der Waals surface area (Å²) in [7, 11) is 0. The van der Waals surface area contributed by atoms with Gasteiger partial charge in [-0.1, -0.05) is 5.69 Å². The molecule has 0 unspecified atom stereocenters. The molecule has 10 heavy (non-hydrogen) atoms. The van der Waals surface area contributed by atoms with Crippen LogP contribution in [0.25, 0.3) is 0 Å². The van der Waals surface area contributed by atoms with E-state index < -0.39 is 0 Å². The van der Waals surface area contributed by atoms with Crippen molar-refractivity contribution < 1.29 is 17.0 Å². The second-order valence-electron chi connectivity index (χ2n) is 1.82. The number of hydrogen-bond donors (Lipinski definition) is 0. The van der Waals surface area contributed by atoms with Gasteiger partial charge in [0.05, 0.1) is 0 Å². The zero-order chi connectivity index (χ0) is 5.98. The van der Waals surface area contributed by atoms with Gasteiger partial charge in [-0.25, -0.2) is 12.1 Å². The maximum Gasteiger partial charge on any atom is 2.00 e. The molecule has 1 aromatic rings. The molecule has 0 saturated carbocycles. The molecule has 1 heterocycles. The van der Waals surface area contributed by atoms with E-state index in [-0.39, 0.29) is 40.0 Å². The summed E-state index contributed by atoms with van der Waals surface area (Å²) in [6.07, 6.45) is 0. The second kappa shape index (κ2) is 6.13. The number of nitrogens with zero attached hydrogens (tertiary/aromatic N) is 1. The molecule has 0 radical (unpaired) electrons. The van der Waals surface area contributed by atoms with Gasteiger partial charge in [0.15, 0.2) is 0 Å². The van der Waals surface area contributed by atoms with Crippen molar-refractivity contribution in [3.63, 3.8) is 0 Å². The Morgan fingerprint density at radius 1 is 1.40 bits per heavy atom. The van der Waals surface area contributed by atoms with Crippen LogP contribution in [0.5, 0.6) is 0 Å². The van der Waals surface area contributed by atoms with E-state index in [1.165, 1.54) is 0 Å². The summed E-state index contributed by atoms with van der Waals surface area (Å²) in [5.74, 6) is 0. The van der Waals surface area contributed by atoms with Crippen LogP contribution in [0.2, 0.25) is 0 Å². The van der Waals surface area contributed by atoms with Gasteiger partial charge in [-0.15, -0.1) is 0 Å². The fourth-order valence-electron chi connectivity index (χ4n) is 0.617. The number of aromatic nitrogens is 1. The Kier molecular flexibility index (Phi) is 7.98. The van der Waals surface area contributed by atoms with Gasteiger partial charge in [0, 0.05) is 0 Å². The van der Waals surface area contributed by atoms with E-state index in [1.807, 2.05) is 26.0 Å². The Morgan fingerprint density at radius 2 is 2.00 bits per heavy atom. The van der Waals surface area contributed by atoms with Crippen LogP contribution in [-0.4, -0.2) is 28.0 Å². The van der Waals surface area contributed by atoms with Gasteiger partial charge in [-0.05, 0) is 19.5 Å². The van der Waals surface area contributed by atoms with E-state index in [4.69, 9.17) is 0 Å². The maximum absolute atomic E-state index is 4.12. The SMILES string of the molecule is Cc1[c-]ccc(C)n1.[Br-].[Mg+2]. The fraction of sp³-hybridized carbons (Fsp3) is 0.286. The minimum atomic E-state index is 0. The van der Waals surface area contributed by atoms with Crippen LogP contribution in [0.1, 0.15) is 11.4 Å². The number of aryl methyl sites for hydroxylation is 2. The molecule has 0 N–H and O–H groups in total. The molecule has 0 atom stereocenters. The van der Waals surface area contributed by atoms with Crippen molar-refractivity contribution in [1.29, 1.82) is 0 Å². The maximum atomic E-state index is 4.12. The summed E-state index contributed by atoms with van der Waals surface area (Å²) in [5.41, 5.74) is 2.02. The van der Waals surface area contributed by atoms with Crippen LogP contribution < -0.4 is 17.0 Å². The molecule has 0 saturated heterocycles. The monoisotopic (exact) mass is 209 g/mol. The molecule has 0 amide bonds. The van der Waals surface area contributed by atoms with Crippen molar-refractivity contribution >= 4 is 23.1 Å². The predicted molar refractivity (Wildman–Crippen MR) is 38.3 cm³/mol. The third-order valence-corrected chi connectivity index (χ3v) is 0.961. The smallest absolute Gasteiger partial charge is 1.00 e. The Bertz CT molecular complexity index is 173. The van der Waals surface area contributed by atoms with Gasteiger partial charge in [-0.2, -0.15) is 6.07 Å². The summed E-state index contributed by atoms with van der Waals surface area (Å²) < 4.78 is 0. The van der Waals surface area contributed by atoms with Crippen LogP contribution in [0.15, 0.2) is 12.1 Å². The van der Waals surface area contributed by atoms with Crippen LogP contribution in [0, 0.1) is 19.9 Å². The molecule has 0 fully saturated rings. The first-order chi connectivity index (χ1) is 3.79. The molecule has 0 aliphatic heterocycles. The Balaban J connectivity index is 0. The average molecular weight is 210 g/mol. The van der Waals surface area contributed by atoms with Crippen LogP contribution in [0.4, 0.5) is 0 Å². The standard InChI is InChI=1S/C7H8N.BrH.Mg/c1-6-4-3-5-7(2)8-6;;/h3-4H,1-2H3;1H;/q-1;;+2/p-1. The fourth-order valence-corrected chi connectivity index (χ4v) is 0.617. The third kappa shape index (κ3) is 4.25. The topological polar surface area (TPSA) is 12.9 Å². The quantitative estimate of drug-likeness (QED) is 0.361. The molecule has 0 aromatic carbocycles. The average Bonchev–Trinajstić information content (AvgIpc) is 1.64. The molecule has 1 rings (SSSR count). The molecule has 1 nitrogen and oxygen atoms in total. The summed E-state index contributed by atoms with van der Waals surface area (Å²) in [4.78, 5) is 4.12. The third-order valence-electron chi connectivity index (χ3n) is 0.961. The number of pyridine rings is 1. The molecule has 0 aliphatic carbocycles. The predicted octanol–water partition coefficient (Wildman–Crippen LogP) is -1.88. The van der Waals surface area contributed by atoms with E-state index in [2.05, 4.69) is 11.1 Å². The number of halogens is 1. The molecule has 0 aliphatic rings. The molecular weight excluding hydrogens is 202 g/mol. The van der Waals surface area contributed by atoms with Crippen LogP contribution in [0.3, 0.4) is 0 Å². The molecule has 1 aromatic heterocycles.